The normalized spacial score (nSPS) is 14.0. The minimum atomic E-state index is -0.664. The first kappa shape index (κ1) is 15.9. The van der Waals surface area contributed by atoms with Gasteiger partial charge in [0.2, 0.25) is 0 Å². The molecule has 0 unspecified atom stereocenters. The molecule has 2 heterocycles. The molecule has 5 nitrogen and oxygen atoms in total. The van der Waals surface area contributed by atoms with Crippen molar-refractivity contribution in [3.8, 4) is 0 Å². The van der Waals surface area contributed by atoms with Crippen LogP contribution < -0.4 is 4.90 Å². The van der Waals surface area contributed by atoms with Crippen molar-refractivity contribution < 1.29 is 14.0 Å². The summed E-state index contributed by atoms with van der Waals surface area (Å²) in [5, 5.41) is 0.931. The van der Waals surface area contributed by atoms with Crippen LogP contribution >= 0.6 is 11.3 Å². The summed E-state index contributed by atoms with van der Waals surface area (Å²) in [5.41, 5.74) is 1.52. The molecule has 126 valence electrons. The third-order valence-corrected chi connectivity index (χ3v) is 5.08. The quantitative estimate of drug-likeness (QED) is 0.675. The summed E-state index contributed by atoms with van der Waals surface area (Å²) in [5.74, 6) is -1.82. The molecule has 25 heavy (non-hydrogen) atoms. The average molecular weight is 355 g/mol. The lowest BCUT2D eigenvalue weighted by molar-refractivity contribution is -0.114. The zero-order chi connectivity index (χ0) is 17.6. The number of Topliss-reactive ketones (excluding diaryl/α,β-unsaturated/α-hetero) is 1. The van der Waals surface area contributed by atoms with E-state index in [0.717, 1.165) is 21.3 Å². The standard InChI is InChI=1S/C18H14FN3O2S/c1-21(9-16-20-13-4-2-3-5-15(13)25-16)10-22-14-7-6-11(19)8-12(14)17(23)18(22)24/h2-8H,9-10H2,1H3. The van der Waals surface area contributed by atoms with Crippen molar-refractivity contribution >= 4 is 38.9 Å². The van der Waals surface area contributed by atoms with E-state index in [0.29, 0.717) is 12.2 Å². The molecule has 0 saturated carbocycles. The maximum Gasteiger partial charge on any atom is 0.300 e. The van der Waals surface area contributed by atoms with Gasteiger partial charge in [0.1, 0.15) is 10.8 Å². The predicted molar refractivity (Wildman–Crippen MR) is 94.2 cm³/mol. The van der Waals surface area contributed by atoms with Gasteiger partial charge in [-0.25, -0.2) is 9.37 Å². The first-order valence-electron chi connectivity index (χ1n) is 7.71. The molecule has 1 aliphatic heterocycles. The van der Waals surface area contributed by atoms with Crippen molar-refractivity contribution in [1.29, 1.82) is 0 Å². The summed E-state index contributed by atoms with van der Waals surface area (Å²) < 4.78 is 14.5. The Kier molecular flexibility index (Phi) is 3.82. The molecule has 0 spiro atoms. The van der Waals surface area contributed by atoms with E-state index >= 15 is 0 Å². The molecule has 0 atom stereocenters. The third kappa shape index (κ3) is 2.81. The number of fused-ring (bicyclic) bond motifs is 2. The van der Waals surface area contributed by atoms with Gasteiger partial charge >= 0.3 is 5.91 Å². The average Bonchev–Trinajstić information content (AvgIpc) is 3.09. The van der Waals surface area contributed by atoms with Gasteiger partial charge in [0.25, 0.3) is 5.78 Å². The molecule has 0 N–H and O–H groups in total. The van der Waals surface area contributed by atoms with Crippen molar-refractivity contribution in [2.24, 2.45) is 0 Å². The Morgan fingerprint density at radius 1 is 1.20 bits per heavy atom. The molecule has 1 aromatic heterocycles. The Hall–Kier alpha value is -2.64. The summed E-state index contributed by atoms with van der Waals surface area (Å²) in [6, 6.07) is 11.7. The number of nitrogens with zero attached hydrogens (tertiary/aromatic N) is 3. The first-order chi connectivity index (χ1) is 12.0. The Morgan fingerprint density at radius 2 is 2.00 bits per heavy atom. The number of amides is 1. The fourth-order valence-electron chi connectivity index (χ4n) is 2.92. The Balaban J connectivity index is 1.54. The van der Waals surface area contributed by atoms with Gasteiger partial charge in [-0.1, -0.05) is 12.1 Å². The van der Waals surface area contributed by atoms with Crippen LogP contribution in [0.5, 0.6) is 0 Å². The highest BCUT2D eigenvalue weighted by molar-refractivity contribution is 7.18. The van der Waals surface area contributed by atoms with E-state index in [1.54, 1.807) is 11.3 Å². The fourth-order valence-corrected chi connectivity index (χ4v) is 3.97. The van der Waals surface area contributed by atoms with Crippen LogP contribution in [0.25, 0.3) is 10.2 Å². The predicted octanol–water partition coefficient (Wildman–Crippen LogP) is 3.05. The lowest BCUT2D eigenvalue weighted by Crippen LogP contribution is -2.38. The first-order valence-corrected chi connectivity index (χ1v) is 8.53. The lowest BCUT2D eigenvalue weighted by atomic mass is 10.1. The number of carbonyl (C=O) groups excluding carboxylic acids is 2. The van der Waals surface area contributed by atoms with Gasteiger partial charge in [-0.05, 0) is 37.4 Å². The zero-order valence-corrected chi connectivity index (χ0v) is 14.2. The maximum atomic E-state index is 13.3. The van der Waals surface area contributed by atoms with Crippen LogP contribution in [-0.2, 0) is 11.3 Å². The van der Waals surface area contributed by atoms with Crippen LogP contribution in [0.15, 0.2) is 42.5 Å². The lowest BCUT2D eigenvalue weighted by Gasteiger charge is -2.23. The van der Waals surface area contributed by atoms with Crippen LogP contribution in [0, 0.1) is 5.82 Å². The molecular formula is C18H14FN3O2S. The number of para-hydroxylation sites is 1. The maximum absolute atomic E-state index is 13.3. The third-order valence-electron chi connectivity index (χ3n) is 4.06. The largest absolute Gasteiger partial charge is 0.300 e. The van der Waals surface area contributed by atoms with E-state index in [1.807, 2.05) is 36.2 Å². The molecule has 0 fully saturated rings. The fraction of sp³-hybridized carbons (Fsp3) is 0.167. The minimum Gasteiger partial charge on any atom is -0.291 e. The van der Waals surface area contributed by atoms with E-state index in [4.69, 9.17) is 0 Å². The SMILES string of the molecule is CN(Cc1nc2ccccc2s1)CN1C(=O)C(=O)c2cc(F)ccc21. The van der Waals surface area contributed by atoms with Crippen molar-refractivity contribution in [3.05, 3.63) is 58.9 Å². The highest BCUT2D eigenvalue weighted by atomic mass is 32.1. The smallest absolute Gasteiger partial charge is 0.291 e. The summed E-state index contributed by atoms with van der Waals surface area (Å²) in [6.07, 6.45) is 0. The van der Waals surface area contributed by atoms with Crippen LogP contribution in [0.2, 0.25) is 0 Å². The molecule has 1 amide bonds. The van der Waals surface area contributed by atoms with Crippen molar-refractivity contribution in [2.45, 2.75) is 6.54 Å². The number of hydrogen-bond donors (Lipinski definition) is 0. The van der Waals surface area contributed by atoms with Crippen LogP contribution in [0.3, 0.4) is 0 Å². The second kappa shape index (κ2) is 6.02. The monoisotopic (exact) mass is 355 g/mol. The molecule has 7 heteroatoms. The molecule has 2 aromatic carbocycles. The number of aromatic nitrogens is 1. The number of thiazole rings is 1. The number of benzene rings is 2. The number of ketones is 1. The van der Waals surface area contributed by atoms with Gasteiger partial charge in [-0.3, -0.25) is 19.4 Å². The highest BCUT2D eigenvalue weighted by Crippen LogP contribution is 2.30. The van der Waals surface area contributed by atoms with E-state index in [1.165, 1.54) is 17.0 Å². The van der Waals surface area contributed by atoms with Crippen molar-refractivity contribution in [2.75, 3.05) is 18.6 Å². The van der Waals surface area contributed by atoms with Gasteiger partial charge in [0.05, 0.1) is 34.7 Å². The molecule has 1 aliphatic rings. The van der Waals surface area contributed by atoms with E-state index in [9.17, 15) is 14.0 Å². The molecule has 3 aromatic rings. The second-order valence-corrected chi connectivity index (χ2v) is 7.07. The van der Waals surface area contributed by atoms with Gasteiger partial charge in [0, 0.05) is 0 Å². The topological polar surface area (TPSA) is 53.5 Å². The van der Waals surface area contributed by atoms with E-state index in [-0.39, 0.29) is 12.2 Å². The van der Waals surface area contributed by atoms with Gasteiger partial charge in [-0.2, -0.15) is 0 Å². The van der Waals surface area contributed by atoms with Gasteiger partial charge < -0.3 is 0 Å². The molecular weight excluding hydrogens is 341 g/mol. The Bertz CT molecular complexity index is 968. The number of halogens is 1. The summed E-state index contributed by atoms with van der Waals surface area (Å²) >= 11 is 1.60. The Labute approximate surface area is 147 Å². The molecule has 0 radical (unpaired) electrons. The minimum absolute atomic E-state index is 0.124. The van der Waals surface area contributed by atoms with Crippen molar-refractivity contribution in [3.63, 3.8) is 0 Å². The summed E-state index contributed by atoms with van der Waals surface area (Å²) in [6.45, 7) is 0.785. The molecule has 4 rings (SSSR count). The van der Waals surface area contributed by atoms with Gasteiger partial charge in [-0.15, -0.1) is 11.3 Å². The summed E-state index contributed by atoms with van der Waals surface area (Å²) in [7, 11) is 1.85. The van der Waals surface area contributed by atoms with Gasteiger partial charge in [0.15, 0.2) is 0 Å². The number of anilines is 1. The Morgan fingerprint density at radius 3 is 2.80 bits per heavy atom. The van der Waals surface area contributed by atoms with Crippen LogP contribution in [0.1, 0.15) is 15.4 Å². The van der Waals surface area contributed by atoms with Crippen LogP contribution in [0.4, 0.5) is 10.1 Å². The second-order valence-electron chi connectivity index (χ2n) is 5.95. The summed E-state index contributed by atoms with van der Waals surface area (Å²) in [4.78, 5) is 32.1. The number of rotatable bonds is 4. The van der Waals surface area contributed by atoms with E-state index < -0.39 is 17.5 Å². The number of carbonyl (C=O) groups is 2. The van der Waals surface area contributed by atoms with Crippen molar-refractivity contribution in [1.82, 2.24) is 9.88 Å². The highest BCUT2D eigenvalue weighted by Gasteiger charge is 2.36. The zero-order valence-electron chi connectivity index (χ0n) is 13.4. The molecule has 0 saturated heterocycles. The van der Waals surface area contributed by atoms with Crippen LogP contribution in [-0.4, -0.2) is 35.3 Å². The van der Waals surface area contributed by atoms with E-state index in [2.05, 4.69) is 4.98 Å². The molecule has 0 aliphatic carbocycles. The number of hydrogen-bond acceptors (Lipinski definition) is 5. The molecule has 0 bridgehead atoms.